The molecule has 6 heteroatoms. The third-order valence-corrected chi connectivity index (χ3v) is 5.13. The van der Waals surface area contributed by atoms with E-state index in [2.05, 4.69) is 26.0 Å². The van der Waals surface area contributed by atoms with Crippen molar-refractivity contribution in [1.29, 1.82) is 0 Å². The van der Waals surface area contributed by atoms with Crippen LogP contribution >= 0.6 is 27.5 Å². The van der Waals surface area contributed by atoms with E-state index in [1.807, 2.05) is 72.8 Å². The number of carbonyl (C=O) groups excluding carboxylic acids is 1. The second kappa shape index (κ2) is 8.55. The van der Waals surface area contributed by atoms with Crippen LogP contribution in [0.3, 0.4) is 0 Å². The molecule has 0 aromatic heterocycles. The van der Waals surface area contributed by atoms with Crippen molar-refractivity contribution in [3.8, 4) is 0 Å². The average Bonchev–Trinajstić information content (AvgIpc) is 3.05. The Hall–Kier alpha value is -3.02. The third kappa shape index (κ3) is 4.36. The lowest BCUT2D eigenvalue weighted by atomic mass is 10.2. The molecule has 1 aliphatic heterocycles. The fraction of sp³-hybridized carbons (Fsp3) is 0. The minimum absolute atomic E-state index is 0.282. The van der Waals surface area contributed by atoms with Crippen molar-refractivity contribution in [2.45, 2.75) is 0 Å². The number of hydrogen-bond acceptors (Lipinski definition) is 3. The molecule has 0 spiro atoms. The van der Waals surface area contributed by atoms with Gasteiger partial charge in [0.25, 0.3) is 5.91 Å². The molecule has 0 fully saturated rings. The van der Waals surface area contributed by atoms with Crippen LogP contribution in [0, 0.1) is 0 Å². The lowest BCUT2D eigenvalue weighted by molar-refractivity contribution is -0.122. The Morgan fingerprint density at radius 3 is 2.34 bits per heavy atom. The average molecular weight is 465 g/mol. The van der Waals surface area contributed by atoms with Gasteiger partial charge in [0.15, 0.2) is 5.84 Å². The van der Waals surface area contributed by atoms with Crippen LogP contribution < -0.4 is 0 Å². The van der Waals surface area contributed by atoms with Crippen molar-refractivity contribution in [2.24, 2.45) is 10.1 Å². The topological polar surface area (TPSA) is 45.0 Å². The highest BCUT2D eigenvalue weighted by Crippen LogP contribution is 2.25. The van der Waals surface area contributed by atoms with Crippen molar-refractivity contribution in [1.82, 2.24) is 5.01 Å². The Morgan fingerprint density at radius 2 is 1.62 bits per heavy atom. The molecule has 0 saturated heterocycles. The molecule has 0 N–H and O–H groups in total. The van der Waals surface area contributed by atoms with Gasteiger partial charge in [0.05, 0.1) is 6.21 Å². The van der Waals surface area contributed by atoms with E-state index in [4.69, 9.17) is 11.6 Å². The zero-order chi connectivity index (χ0) is 20.2. The Kier molecular flexibility index (Phi) is 5.69. The van der Waals surface area contributed by atoms with Crippen LogP contribution in [0.5, 0.6) is 0 Å². The van der Waals surface area contributed by atoms with Crippen LogP contribution in [0.25, 0.3) is 6.08 Å². The number of rotatable bonds is 4. The summed E-state index contributed by atoms with van der Waals surface area (Å²) in [5, 5.41) is 6.29. The van der Waals surface area contributed by atoms with Gasteiger partial charge in [-0.1, -0.05) is 88.2 Å². The van der Waals surface area contributed by atoms with Crippen molar-refractivity contribution in [2.75, 3.05) is 0 Å². The van der Waals surface area contributed by atoms with E-state index in [9.17, 15) is 4.79 Å². The first-order valence-corrected chi connectivity index (χ1v) is 10.0. The van der Waals surface area contributed by atoms with Gasteiger partial charge in [-0.2, -0.15) is 10.1 Å². The molecule has 0 bridgehead atoms. The third-order valence-electron chi connectivity index (χ3n) is 4.26. The Balaban J connectivity index is 1.73. The molecular weight excluding hydrogens is 450 g/mol. The fourth-order valence-electron chi connectivity index (χ4n) is 2.80. The van der Waals surface area contributed by atoms with Crippen LogP contribution in [-0.2, 0) is 4.79 Å². The summed E-state index contributed by atoms with van der Waals surface area (Å²) in [6.45, 7) is 0. The maximum absolute atomic E-state index is 13.1. The summed E-state index contributed by atoms with van der Waals surface area (Å²) in [4.78, 5) is 17.6. The maximum atomic E-state index is 13.1. The van der Waals surface area contributed by atoms with Crippen LogP contribution in [-0.4, -0.2) is 23.0 Å². The first kappa shape index (κ1) is 19.3. The molecule has 0 unspecified atom stereocenters. The molecule has 3 aromatic carbocycles. The second-order valence-electron chi connectivity index (χ2n) is 6.27. The number of aliphatic imine (C=N–C) groups is 1. The number of hydrazone groups is 1. The Morgan fingerprint density at radius 1 is 0.931 bits per heavy atom. The number of carbonyl (C=O) groups is 1. The molecule has 3 aromatic rings. The van der Waals surface area contributed by atoms with E-state index in [0.29, 0.717) is 10.9 Å². The summed E-state index contributed by atoms with van der Waals surface area (Å²) in [7, 11) is 0. The SMILES string of the molecule is O=C1/C(=C/c2ccccc2Cl)N=C(c2ccccc2)N1/N=C/c1ccc(Br)cc1. The standard InChI is InChI=1S/C23H15BrClN3O/c24-19-12-10-16(11-13-19)15-26-28-22(17-6-2-1-3-7-17)27-21(23(28)29)14-18-8-4-5-9-20(18)25/h1-15H/b21-14-,26-15+. The minimum atomic E-state index is -0.308. The van der Waals surface area contributed by atoms with Gasteiger partial charge in [0, 0.05) is 15.1 Å². The van der Waals surface area contributed by atoms with Gasteiger partial charge in [0.1, 0.15) is 5.70 Å². The van der Waals surface area contributed by atoms with Crippen molar-refractivity contribution >= 4 is 51.6 Å². The summed E-state index contributed by atoms with van der Waals surface area (Å²) in [6.07, 6.45) is 3.32. The molecule has 0 aliphatic carbocycles. The van der Waals surface area contributed by atoms with Gasteiger partial charge >= 0.3 is 0 Å². The number of hydrogen-bond donors (Lipinski definition) is 0. The highest BCUT2D eigenvalue weighted by atomic mass is 79.9. The molecule has 1 aliphatic rings. The zero-order valence-corrected chi connectivity index (χ0v) is 17.5. The molecule has 0 atom stereocenters. The smallest absolute Gasteiger partial charge is 0.265 e. The summed E-state index contributed by atoms with van der Waals surface area (Å²) < 4.78 is 0.975. The van der Waals surface area contributed by atoms with E-state index in [1.54, 1.807) is 18.4 Å². The van der Waals surface area contributed by atoms with Crippen molar-refractivity contribution in [3.63, 3.8) is 0 Å². The number of benzene rings is 3. The van der Waals surface area contributed by atoms with Gasteiger partial charge < -0.3 is 0 Å². The van der Waals surface area contributed by atoms with E-state index >= 15 is 0 Å². The van der Waals surface area contributed by atoms with Crippen LogP contribution in [0.15, 0.2) is 99.1 Å². The molecule has 0 radical (unpaired) electrons. The highest BCUT2D eigenvalue weighted by molar-refractivity contribution is 9.10. The maximum Gasteiger partial charge on any atom is 0.298 e. The predicted molar refractivity (Wildman–Crippen MR) is 121 cm³/mol. The second-order valence-corrected chi connectivity index (χ2v) is 7.59. The lowest BCUT2D eigenvalue weighted by Gasteiger charge is -2.11. The lowest BCUT2D eigenvalue weighted by Crippen LogP contribution is -2.27. The number of halogens is 2. The van der Waals surface area contributed by atoms with Crippen molar-refractivity contribution < 1.29 is 4.79 Å². The molecule has 0 saturated carbocycles. The molecule has 4 nitrogen and oxygen atoms in total. The molecular formula is C23H15BrClN3O. The fourth-order valence-corrected chi connectivity index (χ4v) is 3.26. The molecule has 1 heterocycles. The molecule has 29 heavy (non-hydrogen) atoms. The van der Waals surface area contributed by atoms with E-state index in [-0.39, 0.29) is 11.6 Å². The largest absolute Gasteiger partial charge is 0.298 e. The summed E-state index contributed by atoms with van der Waals surface area (Å²) in [5.41, 5.74) is 2.69. The number of nitrogens with zero attached hydrogens (tertiary/aromatic N) is 3. The van der Waals surface area contributed by atoms with Crippen LogP contribution in [0.1, 0.15) is 16.7 Å². The monoisotopic (exact) mass is 463 g/mol. The normalized spacial score (nSPS) is 15.4. The number of amides is 1. The first-order chi connectivity index (χ1) is 14.1. The van der Waals surface area contributed by atoms with Gasteiger partial charge in [-0.25, -0.2) is 4.99 Å². The molecule has 1 amide bonds. The Bertz CT molecular complexity index is 1140. The molecule has 142 valence electrons. The van der Waals surface area contributed by atoms with Gasteiger partial charge in [0.2, 0.25) is 0 Å². The van der Waals surface area contributed by atoms with Gasteiger partial charge in [-0.15, -0.1) is 0 Å². The van der Waals surface area contributed by atoms with E-state index in [0.717, 1.165) is 21.2 Å². The predicted octanol–water partition coefficient (Wildman–Crippen LogP) is 5.77. The Labute approximate surface area is 182 Å². The summed E-state index contributed by atoms with van der Waals surface area (Å²) in [6, 6.07) is 24.5. The summed E-state index contributed by atoms with van der Waals surface area (Å²) >= 11 is 9.65. The number of amidine groups is 1. The van der Waals surface area contributed by atoms with Crippen LogP contribution in [0.2, 0.25) is 5.02 Å². The summed E-state index contributed by atoms with van der Waals surface area (Å²) in [5.74, 6) is 0.166. The van der Waals surface area contributed by atoms with E-state index in [1.165, 1.54) is 5.01 Å². The quantitative estimate of drug-likeness (QED) is 0.357. The van der Waals surface area contributed by atoms with Gasteiger partial charge in [-0.3, -0.25) is 4.79 Å². The first-order valence-electron chi connectivity index (χ1n) is 8.86. The highest BCUT2D eigenvalue weighted by Gasteiger charge is 2.31. The van der Waals surface area contributed by atoms with E-state index < -0.39 is 0 Å². The van der Waals surface area contributed by atoms with Crippen molar-refractivity contribution in [3.05, 3.63) is 111 Å². The van der Waals surface area contributed by atoms with Crippen LogP contribution in [0.4, 0.5) is 0 Å². The minimum Gasteiger partial charge on any atom is -0.265 e. The zero-order valence-electron chi connectivity index (χ0n) is 15.2. The molecule has 4 rings (SSSR count). The van der Waals surface area contributed by atoms with Gasteiger partial charge in [-0.05, 0) is 35.4 Å².